The van der Waals surface area contributed by atoms with Gasteiger partial charge in [-0.1, -0.05) is 59.1 Å². The average Bonchev–Trinajstić information content (AvgIpc) is 2.85. The molecular weight excluding hydrogens is 549 g/mol. The Balaban J connectivity index is 1.91. The fourth-order valence-corrected chi connectivity index (χ4v) is 5.03. The summed E-state index contributed by atoms with van der Waals surface area (Å²) in [5.41, 5.74) is 2.94. The third-order valence-corrected chi connectivity index (χ3v) is 7.06. The predicted octanol–water partition coefficient (Wildman–Crippen LogP) is 6.48. The Labute approximate surface area is 236 Å². The van der Waals surface area contributed by atoms with Crippen LogP contribution in [0.1, 0.15) is 45.7 Å². The second kappa shape index (κ2) is 13.0. The molecule has 3 aromatic carbocycles. The van der Waals surface area contributed by atoms with Gasteiger partial charge in [0.25, 0.3) is 11.8 Å². The number of carbonyl (C=O) groups excluding carboxylic acids is 2. The summed E-state index contributed by atoms with van der Waals surface area (Å²) in [7, 11) is 0. The van der Waals surface area contributed by atoms with Crippen LogP contribution < -0.4 is 15.5 Å². The molecule has 200 valence electrons. The molecule has 2 amide bonds. The van der Waals surface area contributed by atoms with Crippen molar-refractivity contribution in [1.29, 1.82) is 0 Å². The Morgan fingerprint density at radius 1 is 0.868 bits per heavy atom. The van der Waals surface area contributed by atoms with Gasteiger partial charge in [-0.05, 0) is 62.2 Å². The normalized spacial score (nSPS) is 11.5. The van der Waals surface area contributed by atoms with Gasteiger partial charge in [0.1, 0.15) is 6.04 Å². The lowest BCUT2D eigenvalue weighted by Crippen LogP contribution is -2.43. The summed E-state index contributed by atoms with van der Waals surface area (Å²) in [4.78, 5) is 40.0. The van der Waals surface area contributed by atoms with Crippen LogP contribution in [0.2, 0.25) is 15.1 Å². The summed E-state index contributed by atoms with van der Waals surface area (Å²) in [6, 6.07) is 13.8. The second-order valence-corrected chi connectivity index (χ2v) is 9.79. The van der Waals surface area contributed by atoms with Crippen LogP contribution in [0.25, 0.3) is 0 Å². The number of nitrogens with one attached hydrogen (secondary N) is 2. The van der Waals surface area contributed by atoms with Crippen molar-refractivity contribution in [1.82, 2.24) is 5.32 Å². The van der Waals surface area contributed by atoms with Crippen molar-refractivity contribution in [2.75, 3.05) is 23.3 Å². The first-order valence-corrected chi connectivity index (χ1v) is 13.1. The maximum absolute atomic E-state index is 12.9. The Morgan fingerprint density at radius 3 is 2.00 bits per heavy atom. The lowest BCUT2D eigenvalue weighted by Gasteiger charge is -2.26. The molecule has 10 heteroatoms. The maximum Gasteiger partial charge on any atom is 0.326 e. The van der Waals surface area contributed by atoms with E-state index in [9.17, 15) is 19.5 Å². The van der Waals surface area contributed by atoms with Gasteiger partial charge in [0.2, 0.25) is 0 Å². The minimum atomic E-state index is -1.21. The number of rotatable bonds is 10. The van der Waals surface area contributed by atoms with E-state index in [1.54, 1.807) is 61.5 Å². The maximum atomic E-state index is 12.9. The molecule has 0 saturated heterocycles. The first-order chi connectivity index (χ1) is 18.1. The van der Waals surface area contributed by atoms with Crippen molar-refractivity contribution in [3.63, 3.8) is 0 Å². The monoisotopic (exact) mass is 575 g/mol. The van der Waals surface area contributed by atoms with Crippen molar-refractivity contribution >= 4 is 64.0 Å². The van der Waals surface area contributed by atoms with Crippen molar-refractivity contribution in [2.24, 2.45) is 0 Å². The first kappa shape index (κ1) is 29.3. The molecule has 0 aromatic heterocycles. The number of carbonyl (C=O) groups is 3. The minimum absolute atomic E-state index is 0.0149. The summed E-state index contributed by atoms with van der Waals surface area (Å²) in [5.74, 6) is -2.21. The molecule has 0 spiro atoms. The van der Waals surface area contributed by atoms with Crippen LogP contribution in [0.5, 0.6) is 0 Å². The van der Waals surface area contributed by atoms with E-state index >= 15 is 0 Å². The summed E-state index contributed by atoms with van der Waals surface area (Å²) >= 11 is 18.6. The lowest BCUT2D eigenvalue weighted by atomic mass is 10.0. The highest BCUT2D eigenvalue weighted by atomic mass is 35.5. The molecule has 0 fully saturated rings. The Bertz CT molecular complexity index is 1320. The number of hydrogen-bond donors (Lipinski definition) is 3. The van der Waals surface area contributed by atoms with Crippen LogP contribution >= 0.6 is 34.8 Å². The van der Waals surface area contributed by atoms with E-state index in [2.05, 4.69) is 10.6 Å². The summed E-state index contributed by atoms with van der Waals surface area (Å²) in [5, 5.41) is 16.0. The number of halogens is 3. The Hall–Kier alpha value is -3.26. The fraction of sp³-hybridized carbons (Fsp3) is 0.250. The Morgan fingerprint density at radius 2 is 1.45 bits per heavy atom. The number of aliphatic carboxylic acids is 1. The third-order valence-electron chi connectivity index (χ3n) is 6.11. The van der Waals surface area contributed by atoms with Gasteiger partial charge in [-0.3, -0.25) is 9.59 Å². The minimum Gasteiger partial charge on any atom is -0.480 e. The molecular formula is C28H28Cl3N3O4. The van der Waals surface area contributed by atoms with E-state index in [4.69, 9.17) is 34.8 Å². The number of aryl methyl sites for hydroxylation is 1. The number of nitrogens with zero attached hydrogens (tertiary/aromatic N) is 1. The van der Waals surface area contributed by atoms with Gasteiger partial charge in [-0.2, -0.15) is 0 Å². The zero-order valence-electron chi connectivity index (χ0n) is 21.1. The molecule has 0 heterocycles. The standard InChI is InChI=1S/C28H28Cl3N3O4/c1-4-34(5-2)23-15-18(32-27(36)25-20(30)10-7-11-21(25)31)13-12-17(23)14-22(28(37)38)33-26(35)24-16(3)8-6-9-19(24)29/h6-13,15,22H,4-5,14H2,1-3H3,(H,32,36)(H,33,35)(H,37,38)/t22-/m0/s1. The summed E-state index contributed by atoms with van der Waals surface area (Å²) < 4.78 is 0. The molecule has 3 N–H and O–H groups in total. The van der Waals surface area contributed by atoms with E-state index in [0.717, 1.165) is 5.69 Å². The van der Waals surface area contributed by atoms with Gasteiger partial charge in [-0.15, -0.1) is 0 Å². The molecule has 3 rings (SSSR count). The lowest BCUT2D eigenvalue weighted by molar-refractivity contribution is -0.139. The van der Waals surface area contributed by atoms with Gasteiger partial charge in [0.15, 0.2) is 0 Å². The van der Waals surface area contributed by atoms with Gasteiger partial charge in [0, 0.05) is 30.9 Å². The molecule has 38 heavy (non-hydrogen) atoms. The molecule has 0 radical (unpaired) electrons. The third kappa shape index (κ3) is 6.78. The largest absolute Gasteiger partial charge is 0.480 e. The number of anilines is 2. The molecule has 0 aliphatic heterocycles. The van der Waals surface area contributed by atoms with E-state index in [-0.39, 0.29) is 32.6 Å². The highest BCUT2D eigenvalue weighted by Crippen LogP contribution is 2.29. The van der Waals surface area contributed by atoms with E-state index in [1.165, 1.54) is 0 Å². The topological polar surface area (TPSA) is 98.7 Å². The van der Waals surface area contributed by atoms with E-state index in [1.807, 2.05) is 18.7 Å². The molecule has 7 nitrogen and oxygen atoms in total. The smallest absolute Gasteiger partial charge is 0.326 e. The number of benzene rings is 3. The van der Waals surface area contributed by atoms with Crippen LogP contribution in [-0.4, -0.2) is 42.0 Å². The molecule has 0 bridgehead atoms. The van der Waals surface area contributed by atoms with Crippen molar-refractivity contribution < 1.29 is 19.5 Å². The molecule has 0 saturated carbocycles. The highest BCUT2D eigenvalue weighted by molar-refractivity contribution is 6.40. The second-order valence-electron chi connectivity index (χ2n) is 8.57. The van der Waals surface area contributed by atoms with Gasteiger partial charge >= 0.3 is 5.97 Å². The number of amides is 2. The van der Waals surface area contributed by atoms with Gasteiger partial charge in [0.05, 0.1) is 26.2 Å². The molecule has 0 aliphatic carbocycles. The van der Waals surface area contributed by atoms with E-state index < -0.39 is 23.8 Å². The summed E-state index contributed by atoms with van der Waals surface area (Å²) in [6.07, 6.45) is 0.0149. The molecule has 0 unspecified atom stereocenters. The zero-order valence-corrected chi connectivity index (χ0v) is 23.4. The first-order valence-electron chi connectivity index (χ1n) is 12.0. The number of carboxylic acid groups (broad SMARTS) is 1. The molecule has 3 aromatic rings. The highest BCUT2D eigenvalue weighted by Gasteiger charge is 2.25. The quantitative estimate of drug-likeness (QED) is 0.257. The Kier molecular flexibility index (Phi) is 10.0. The van der Waals surface area contributed by atoms with Gasteiger partial charge in [-0.25, -0.2) is 4.79 Å². The molecule has 0 aliphatic rings. The van der Waals surface area contributed by atoms with Crippen LogP contribution in [0, 0.1) is 6.92 Å². The van der Waals surface area contributed by atoms with Crippen LogP contribution in [-0.2, 0) is 11.2 Å². The zero-order chi connectivity index (χ0) is 28.0. The average molecular weight is 577 g/mol. The van der Waals surface area contributed by atoms with Gasteiger partial charge < -0.3 is 20.6 Å². The van der Waals surface area contributed by atoms with Crippen molar-refractivity contribution in [2.45, 2.75) is 33.2 Å². The summed E-state index contributed by atoms with van der Waals surface area (Å²) in [6.45, 7) is 6.95. The van der Waals surface area contributed by atoms with Crippen molar-refractivity contribution in [3.8, 4) is 0 Å². The van der Waals surface area contributed by atoms with E-state index in [0.29, 0.717) is 29.9 Å². The number of hydrogen-bond acceptors (Lipinski definition) is 4. The SMILES string of the molecule is CCN(CC)c1cc(NC(=O)c2c(Cl)cccc2Cl)ccc1C[C@H](NC(=O)c1c(C)cccc1Cl)C(=O)O. The fourth-order valence-electron chi connectivity index (χ4n) is 4.15. The van der Waals surface area contributed by atoms with Crippen LogP contribution in [0.3, 0.4) is 0 Å². The van der Waals surface area contributed by atoms with Crippen LogP contribution in [0.4, 0.5) is 11.4 Å². The predicted molar refractivity (Wildman–Crippen MR) is 153 cm³/mol. The molecule has 1 atom stereocenters. The number of carboxylic acids is 1. The van der Waals surface area contributed by atoms with Crippen LogP contribution in [0.15, 0.2) is 54.6 Å². The van der Waals surface area contributed by atoms with Crippen molar-refractivity contribution in [3.05, 3.63) is 91.9 Å².